The molecule has 5 heteroatoms. The van der Waals surface area contributed by atoms with Gasteiger partial charge in [-0.3, -0.25) is 9.48 Å². The number of aromatic nitrogens is 2. The van der Waals surface area contributed by atoms with Crippen LogP contribution in [0.3, 0.4) is 0 Å². The van der Waals surface area contributed by atoms with Crippen LogP contribution in [0.25, 0.3) is 0 Å². The molecular weight excluding hydrogens is 234 g/mol. The lowest BCUT2D eigenvalue weighted by atomic mass is 10.3. The first-order valence-electron chi connectivity index (χ1n) is 5.53. The first-order chi connectivity index (χ1) is 8.24. The number of hydrogen-bond acceptors (Lipinski definition) is 3. The number of rotatable bonds is 5. The van der Waals surface area contributed by atoms with Gasteiger partial charge in [-0.05, 0) is 24.4 Å². The van der Waals surface area contributed by atoms with Crippen LogP contribution in [0.1, 0.15) is 11.8 Å². The van der Waals surface area contributed by atoms with E-state index in [1.165, 1.54) is 0 Å². The van der Waals surface area contributed by atoms with Gasteiger partial charge in [0.05, 0.1) is 13.0 Å². The Balaban J connectivity index is 1.78. The summed E-state index contributed by atoms with van der Waals surface area (Å²) in [6, 6.07) is 5.89. The van der Waals surface area contributed by atoms with Gasteiger partial charge < -0.3 is 5.32 Å². The Morgan fingerprint density at radius 3 is 3.12 bits per heavy atom. The number of hydrogen-bond donors (Lipinski definition) is 1. The Morgan fingerprint density at radius 1 is 1.59 bits per heavy atom. The fourth-order valence-corrected chi connectivity index (χ4v) is 2.34. The van der Waals surface area contributed by atoms with Crippen molar-refractivity contribution in [3.63, 3.8) is 0 Å². The summed E-state index contributed by atoms with van der Waals surface area (Å²) in [5, 5.41) is 9.05. The molecule has 0 saturated heterocycles. The van der Waals surface area contributed by atoms with Crippen molar-refractivity contribution in [2.45, 2.75) is 25.9 Å². The molecule has 1 amide bonds. The lowest BCUT2D eigenvalue weighted by Gasteiger charge is -2.13. The van der Waals surface area contributed by atoms with Gasteiger partial charge in [0, 0.05) is 23.3 Å². The number of thiophene rings is 1. The summed E-state index contributed by atoms with van der Waals surface area (Å²) in [4.78, 5) is 12.8. The highest BCUT2D eigenvalue weighted by molar-refractivity contribution is 7.10. The summed E-state index contributed by atoms with van der Waals surface area (Å²) in [7, 11) is 0. The van der Waals surface area contributed by atoms with Crippen molar-refractivity contribution in [1.82, 2.24) is 15.1 Å². The number of amides is 1. The largest absolute Gasteiger partial charge is 0.351 e. The molecular formula is C12H15N3OS. The topological polar surface area (TPSA) is 46.9 Å². The minimum absolute atomic E-state index is 0.0621. The van der Waals surface area contributed by atoms with Crippen molar-refractivity contribution in [3.8, 4) is 0 Å². The number of carbonyl (C=O) groups is 1. The fraction of sp³-hybridized carbons (Fsp3) is 0.333. The standard InChI is InChI=1S/C12H15N3OS/c1-10(9-15-6-3-5-13-15)14-12(16)8-11-4-2-7-17-11/h2-7,10H,8-9H2,1H3,(H,14,16)/t10-/m0/s1. The van der Waals surface area contributed by atoms with Gasteiger partial charge in [-0.25, -0.2) is 0 Å². The van der Waals surface area contributed by atoms with E-state index in [2.05, 4.69) is 10.4 Å². The number of nitrogens with one attached hydrogen (secondary N) is 1. The average Bonchev–Trinajstić information content (AvgIpc) is 2.90. The molecule has 17 heavy (non-hydrogen) atoms. The predicted octanol–water partition coefficient (Wildman–Crippen LogP) is 1.69. The summed E-state index contributed by atoms with van der Waals surface area (Å²) in [5.41, 5.74) is 0. The molecule has 2 heterocycles. The highest BCUT2D eigenvalue weighted by Crippen LogP contribution is 2.08. The van der Waals surface area contributed by atoms with Gasteiger partial charge in [0.15, 0.2) is 0 Å². The molecule has 2 rings (SSSR count). The van der Waals surface area contributed by atoms with E-state index >= 15 is 0 Å². The second kappa shape index (κ2) is 5.63. The Labute approximate surface area is 104 Å². The van der Waals surface area contributed by atoms with Crippen LogP contribution in [0.2, 0.25) is 0 Å². The molecule has 0 bridgehead atoms. The molecule has 0 aliphatic carbocycles. The molecule has 1 atom stereocenters. The SMILES string of the molecule is C[C@@H](Cn1cccn1)NC(=O)Cc1cccs1. The lowest BCUT2D eigenvalue weighted by molar-refractivity contribution is -0.121. The summed E-state index contributed by atoms with van der Waals surface area (Å²) in [5.74, 6) is 0.0621. The zero-order valence-corrected chi connectivity index (χ0v) is 10.5. The molecule has 0 radical (unpaired) electrons. The maximum atomic E-state index is 11.7. The monoisotopic (exact) mass is 249 g/mol. The van der Waals surface area contributed by atoms with Crippen molar-refractivity contribution in [2.75, 3.05) is 0 Å². The van der Waals surface area contributed by atoms with Gasteiger partial charge in [-0.2, -0.15) is 5.10 Å². The third-order valence-corrected chi connectivity index (χ3v) is 3.22. The average molecular weight is 249 g/mol. The molecule has 1 N–H and O–H groups in total. The molecule has 0 saturated carbocycles. The third-order valence-electron chi connectivity index (χ3n) is 2.34. The van der Waals surface area contributed by atoms with Crippen LogP contribution < -0.4 is 5.32 Å². The van der Waals surface area contributed by atoms with Gasteiger partial charge in [0.1, 0.15) is 0 Å². The molecule has 0 aliphatic rings. The van der Waals surface area contributed by atoms with Crippen LogP contribution in [0.5, 0.6) is 0 Å². The van der Waals surface area contributed by atoms with E-state index in [0.717, 1.165) is 4.88 Å². The minimum Gasteiger partial charge on any atom is -0.351 e. The van der Waals surface area contributed by atoms with E-state index < -0.39 is 0 Å². The maximum Gasteiger partial charge on any atom is 0.225 e. The van der Waals surface area contributed by atoms with Gasteiger partial charge in [0.25, 0.3) is 0 Å². The Hall–Kier alpha value is -1.62. The Kier molecular flexibility index (Phi) is 3.93. The van der Waals surface area contributed by atoms with E-state index in [-0.39, 0.29) is 11.9 Å². The summed E-state index contributed by atoms with van der Waals surface area (Å²) < 4.78 is 1.82. The van der Waals surface area contributed by atoms with E-state index in [1.807, 2.05) is 41.4 Å². The molecule has 0 unspecified atom stereocenters. The molecule has 0 fully saturated rings. The van der Waals surface area contributed by atoms with Crippen LogP contribution in [0.4, 0.5) is 0 Å². The Morgan fingerprint density at radius 2 is 2.47 bits per heavy atom. The normalized spacial score (nSPS) is 12.3. The van der Waals surface area contributed by atoms with Crippen LogP contribution in [0, 0.1) is 0 Å². The summed E-state index contributed by atoms with van der Waals surface area (Å²) in [6.07, 6.45) is 4.09. The molecule has 2 aromatic heterocycles. The van der Waals surface area contributed by atoms with Gasteiger partial charge in [-0.1, -0.05) is 6.07 Å². The highest BCUT2D eigenvalue weighted by Gasteiger charge is 2.09. The van der Waals surface area contributed by atoms with Crippen molar-refractivity contribution >= 4 is 17.2 Å². The van der Waals surface area contributed by atoms with Crippen molar-refractivity contribution in [3.05, 3.63) is 40.8 Å². The molecule has 0 aliphatic heterocycles. The number of carbonyl (C=O) groups excluding carboxylic acids is 1. The van der Waals surface area contributed by atoms with Crippen molar-refractivity contribution in [1.29, 1.82) is 0 Å². The second-order valence-electron chi connectivity index (χ2n) is 3.95. The van der Waals surface area contributed by atoms with Gasteiger partial charge in [0.2, 0.25) is 5.91 Å². The quantitative estimate of drug-likeness (QED) is 0.876. The molecule has 0 spiro atoms. The molecule has 90 valence electrons. The fourth-order valence-electron chi connectivity index (χ4n) is 1.63. The van der Waals surface area contributed by atoms with Crippen LogP contribution in [-0.4, -0.2) is 21.7 Å². The zero-order chi connectivity index (χ0) is 12.1. The lowest BCUT2D eigenvalue weighted by Crippen LogP contribution is -2.36. The van der Waals surface area contributed by atoms with Crippen molar-refractivity contribution < 1.29 is 4.79 Å². The highest BCUT2D eigenvalue weighted by atomic mass is 32.1. The predicted molar refractivity (Wildman–Crippen MR) is 67.9 cm³/mol. The first-order valence-corrected chi connectivity index (χ1v) is 6.41. The smallest absolute Gasteiger partial charge is 0.225 e. The van der Waals surface area contributed by atoms with Crippen molar-refractivity contribution in [2.24, 2.45) is 0 Å². The van der Waals surface area contributed by atoms with E-state index in [9.17, 15) is 4.79 Å². The second-order valence-corrected chi connectivity index (χ2v) is 4.99. The Bertz CT molecular complexity index is 450. The summed E-state index contributed by atoms with van der Waals surface area (Å²) >= 11 is 1.61. The zero-order valence-electron chi connectivity index (χ0n) is 9.67. The first kappa shape index (κ1) is 11.9. The minimum atomic E-state index is 0.0621. The van der Waals surface area contributed by atoms with E-state index in [1.54, 1.807) is 17.5 Å². The van der Waals surface area contributed by atoms with Gasteiger partial charge in [-0.15, -0.1) is 11.3 Å². The molecule has 0 aromatic carbocycles. The van der Waals surface area contributed by atoms with Crippen LogP contribution in [-0.2, 0) is 17.8 Å². The van der Waals surface area contributed by atoms with E-state index in [4.69, 9.17) is 0 Å². The maximum absolute atomic E-state index is 11.7. The van der Waals surface area contributed by atoms with Gasteiger partial charge >= 0.3 is 0 Å². The summed E-state index contributed by atoms with van der Waals surface area (Å²) in [6.45, 7) is 2.68. The van der Waals surface area contributed by atoms with Crippen LogP contribution >= 0.6 is 11.3 Å². The number of nitrogens with zero attached hydrogens (tertiary/aromatic N) is 2. The van der Waals surface area contributed by atoms with Crippen LogP contribution in [0.15, 0.2) is 36.0 Å². The molecule has 2 aromatic rings. The third kappa shape index (κ3) is 3.71. The molecule has 4 nitrogen and oxygen atoms in total. The van der Waals surface area contributed by atoms with E-state index in [0.29, 0.717) is 13.0 Å².